The maximum Gasteiger partial charge on any atom is 0.276 e. The van der Waals surface area contributed by atoms with E-state index in [1.54, 1.807) is 28.0 Å². The van der Waals surface area contributed by atoms with Gasteiger partial charge >= 0.3 is 0 Å². The number of benzene rings is 2. The van der Waals surface area contributed by atoms with Crippen LogP contribution in [0.3, 0.4) is 0 Å². The molecule has 0 spiro atoms. The van der Waals surface area contributed by atoms with Crippen molar-refractivity contribution in [3.8, 4) is 0 Å². The lowest BCUT2D eigenvalue weighted by Gasteiger charge is -2.23. The minimum absolute atomic E-state index is 0.226. The highest BCUT2D eigenvalue weighted by molar-refractivity contribution is 6.08. The van der Waals surface area contributed by atoms with E-state index in [0.717, 1.165) is 22.5 Å². The lowest BCUT2D eigenvalue weighted by Crippen LogP contribution is -2.34. The Morgan fingerprint density at radius 1 is 0.700 bits per heavy atom. The van der Waals surface area contributed by atoms with Crippen molar-refractivity contribution in [1.29, 1.82) is 0 Å². The third kappa shape index (κ3) is 4.57. The van der Waals surface area contributed by atoms with Crippen LogP contribution in [-0.4, -0.2) is 29.9 Å². The van der Waals surface area contributed by atoms with Crippen molar-refractivity contribution < 1.29 is 9.59 Å². The van der Waals surface area contributed by atoms with Crippen molar-refractivity contribution >= 4 is 23.2 Å². The third-order valence-corrected chi connectivity index (χ3v) is 4.94. The molecule has 3 rings (SSSR count). The summed E-state index contributed by atoms with van der Waals surface area (Å²) in [6, 6.07) is 20.6. The fraction of sp³-hybridized carbons (Fsp3) is 0.240. The fourth-order valence-electron chi connectivity index (χ4n) is 3.43. The Labute approximate surface area is 178 Å². The van der Waals surface area contributed by atoms with Crippen molar-refractivity contribution in [1.82, 2.24) is 4.98 Å². The number of rotatable bonds is 6. The van der Waals surface area contributed by atoms with Gasteiger partial charge in [-0.05, 0) is 75.2 Å². The van der Waals surface area contributed by atoms with E-state index in [2.05, 4.69) is 4.98 Å². The number of hydrogen-bond acceptors (Lipinski definition) is 3. The van der Waals surface area contributed by atoms with Gasteiger partial charge in [0.05, 0.1) is 0 Å². The quantitative estimate of drug-likeness (QED) is 0.582. The Hall–Kier alpha value is -3.47. The lowest BCUT2D eigenvalue weighted by atomic mass is 10.1. The molecule has 5 nitrogen and oxygen atoms in total. The molecule has 0 saturated carbocycles. The van der Waals surface area contributed by atoms with E-state index in [1.807, 2.05) is 76.2 Å². The Balaban J connectivity index is 1.91. The molecule has 0 saturated heterocycles. The van der Waals surface area contributed by atoms with Crippen molar-refractivity contribution in [2.45, 2.75) is 27.7 Å². The first-order valence-corrected chi connectivity index (χ1v) is 10.2. The summed E-state index contributed by atoms with van der Waals surface area (Å²) in [4.78, 5) is 34.1. The topological polar surface area (TPSA) is 53.5 Å². The van der Waals surface area contributed by atoms with E-state index >= 15 is 0 Å². The highest BCUT2D eigenvalue weighted by atomic mass is 16.2. The molecule has 0 atom stereocenters. The Kier molecular flexibility index (Phi) is 6.62. The van der Waals surface area contributed by atoms with Crippen molar-refractivity contribution in [2.24, 2.45) is 0 Å². The third-order valence-electron chi connectivity index (χ3n) is 4.94. The van der Waals surface area contributed by atoms with Gasteiger partial charge in [-0.1, -0.05) is 30.3 Å². The van der Waals surface area contributed by atoms with Crippen LogP contribution in [0.2, 0.25) is 0 Å². The smallest absolute Gasteiger partial charge is 0.276 e. The van der Waals surface area contributed by atoms with Gasteiger partial charge in [-0.15, -0.1) is 0 Å². The van der Waals surface area contributed by atoms with E-state index < -0.39 is 0 Å². The molecule has 0 N–H and O–H groups in total. The largest absolute Gasteiger partial charge is 0.307 e. The molecule has 0 radical (unpaired) electrons. The van der Waals surface area contributed by atoms with Gasteiger partial charge < -0.3 is 9.80 Å². The molecule has 1 heterocycles. The Morgan fingerprint density at radius 2 is 1.10 bits per heavy atom. The van der Waals surface area contributed by atoms with Crippen LogP contribution >= 0.6 is 0 Å². The van der Waals surface area contributed by atoms with E-state index in [1.165, 1.54) is 0 Å². The molecular formula is C25H27N3O2. The highest BCUT2D eigenvalue weighted by Crippen LogP contribution is 2.20. The van der Waals surface area contributed by atoms with Gasteiger partial charge in [0.1, 0.15) is 11.4 Å². The summed E-state index contributed by atoms with van der Waals surface area (Å²) in [5.74, 6) is -0.451. The van der Waals surface area contributed by atoms with E-state index in [9.17, 15) is 9.59 Å². The van der Waals surface area contributed by atoms with Gasteiger partial charge in [0.15, 0.2) is 0 Å². The number of carbonyl (C=O) groups excluding carboxylic acids is 2. The summed E-state index contributed by atoms with van der Waals surface area (Å²) in [5.41, 5.74) is 4.29. The molecule has 0 aliphatic carbocycles. The minimum atomic E-state index is -0.226. The summed E-state index contributed by atoms with van der Waals surface area (Å²) >= 11 is 0. The maximum absolute atomic E-state index is 13.2. The van der Waals surface area contributed by atoms with Crippen LogP contribution in [0.1, 0.15) is 46.0 Å². The molecule has 154 valence electrons. The molecule has 0 unspecified atom stereocenters. The predicted molar refractivity (Wildman–Crippen MR) is 121 cm³/mol. The van der Waals surface area contributed by atoms with Gasteiger partial charge in [0.25, 0.3) is 11.8 Å². The molecule has 0 aliphatic rings. The maximum atomic E-state index is 13.2. The van der Waals surface area contributed by atoms with Crippen LogP contribution in [-0.2, 0) is 0 Å². The van der Waals surface area contributed by atoms with Gasteiger partial charge in [0, 0.05) is 24.5 Å². The number of carbonyl (C=O) groups is 2. The molecule has 2 amide bonds. The summed E-state index contributed by atoms with van der Waals surface area (Å²) in [6.45, 7) is 8.84. The molecular weight excluding hydrogens is 374 g/mol. The van der Waals surface area contributed by atoms with Gasteiger partial charge in [-0.3, -0.25) is 9.59 Å². The number of pyridine rings is 1. The monoisotopic (exact) mass is 401 g/mol. The Morgan fingerprint density at radius 3 is 1.47 bits per heavy atom. The highest BCUT2D eigenvalue weighted by Gasteiger charge is 2.22. The minimum Gasteiger partial charge on any atom is -0.307 e. The second-order valence-corrected chi connectivity index (χ2v) is 7.18. The SMILES string of the molecule is CCN(C(=O)c1cccc(C(=O)N(CC)c2cccc(C)c2)n1)c1cccc(C)c1. The lowest BCUT2D eigenvalue weighted by molar-refractivity contribution is 0.0979. The number of hydrogen-bond donors (Lipinski definition) is 0. The molecule has 1 aromatic heterocycles. The van der Waals surface area contributed by atoms with E-state index in [4.69, 9.17) is 0 Å². The molecule has 0 bridgehead atoms. The summed E-state index contributed by atoms with van der Waals surface area (Å²) in [5, 5.41) is 0. The second kappa shape index (κ2) is 9.35. The second-order valence-electron chi connectivity index (χ2n) is 7.18. The van der Waals surface area contributed by atoms with E-state index in [0.29, 0.717) is 13.1 Å². The summed E-state index contributed by atoms with van der Waals surface area (Å²) < 4.78 is 0. The molecule has 0 fully saturated rings. The van der Waals surface area contributed by atoms with Crippen molar-refractivity contribution in [3.63, 3.8) is 0 Å². The average Bonchev–Trinajstić information content (AvgIpc) is 2.75. The van der Waals surface area contributed by atoms with Crippen LogP contribution in [0.4, 0.5) is 11.4 Å². The zero-order valence-electron chi connectivity index (χ0n) is 17.9. The fourth-order valence-corrected chi connectivity index (χ4v) is 3.43. The molecule has 0 aliphatic heterocycles. The number of nitrogens with zero attached hydrogens (tertiary/aromatic N) is 3. The zero-order valence-corrected chi connectivity index (χ0v) is 17.9. The van der Waals surface area contributed by atoms with Crippen LogP contribution in [0, 0.1) is 13.8 Å². The van der Waals surface area contributed by atoms with Crippen LogP contribution < -0.4 is 9.80 Å². The molecule has 2 aromatic carbocycles. The van der Waals surface area contributed by atoms with E-state index in [-0.39, 0.29) is 23.2 Å². The standard InChI is InChI=1S/C25H27N3O2/c1-5-27(20-12-7-10-18(3)16-20)24(29)22-14-9-15-23(26-22)25(30)28(6-2)21-13-8-11-19(4)17-21/h7-17H,5-6H2,1-4H3. The first kappa shape index (κ1) is 21.2. The summed E-state index contributed by atoms with van der Waals surface area (Å²) in [6.07, 6.45) is 0. The average molecular weight is 402 g/mol. The molecule has 3 aromatic rings. The van der Waals surface area contributed by atoms with Crippen LogP contribution in [0.5, 0.6) is 0 Å². The predicted octanol–water partition coefficient (Wildman–Crippen LogP) is 5.03. The number of aromatic nitrogens is 1. The van der Waals surface area contributed by atoms with Crippen LogP contribution in [0.15, 0.2) is 66.7 Å². The summed E-state index contributed by atoms with van der Waals surface area (Å²) in [7, 11) is 0. The van der Waals surface area contributed by atoms with Gasteiger partial charge in [-0.2, -0.15) is 0 Å². The van der Waals surface area contributed by atoms with Gasteiger partial charge in [-0.25, -0.2) is 4.98 Å². The molecule has 30 heavy (non-hydrogen) atoms. The van der Waals surface area contributed by atoms with Crippen LogP contribution in [0.25, 0.3) is 0 Å². The molecule has 5 heteroatoms. The van der Waals surface area contributed by atoms with Crippen molar-refractivity contribution in [2.75, 3.05) is 22.9 Å². The Bertz CT molecular complexity index is 981. The normalized spacial score (nSPS) is 10.5. The first-order valence-electron chi connectivity index (χ1n) is 10.2. The van der Waals surface area contributed by atoms with Gasteiger partial charge in [0.2, 0.25) is 0 Å². The number of aryl methyl sites for hydroxylation is 2. The first-order chi connectivity index (χ1) is 14.4. The zero-order chi connectivity index (χ0) is 21.7. The number of anilines is 2. The van der Waals surface area contributed by atoms with Crippen molar-refractivity contribution in [3.05, 3.63) is 89.2 Å². The number of amides is 2.